The largest absolute Gasteiger partial charge is 0.389 e. The zero-order chi connectivity index (χ0) is 15.6. The third-order valence-electron chi connectivity index (χ3n) is 2.69. The van der Waals surface area contributed by atoms with Crippen molar-refractivity contribution in [3.63, 3.8) is 0 Å². The van der Waals surface area contributed by atoms with Crippen molar-refractivity contribution in [3.05, 3.63) is 28.2 Å². The molecule has 1 unspecified atom stereocenters. The Morgan fingerprint density at radius 1 is 1.30 bits per heavy atom. The molecular formula is C13H19Cl2NO3S. The first-order valence-electron chi connectivity index (χ1n) is 6.20. The van der Waals surface area contributed by atoms with E-state index in [2.05, 4.69) is 4.72 Å². The van der Waals surface area contributed by atoms with Crippen molar-refractivity contribution in [1.82, 2.24) is 4.72 Å². The summed E-state index contributed by atoms with van der Waals surface area (Å²) in [6, 6.07) is 4.07. The van der Waals surface area contributed by atoms with Crippen molar-refractivity contribution in [2.45, 2.75) is 37.7 Å². The van der Waals surface area contributed by atoms with Crippen molar-refractivity contribution in [2.75, 3.05) is 6.54 Å². The number of hydrogen-bond donors (Lipinski definition) is 2. The van der Waals surface area contributed by atoms with Gasteiger partial charge in [-0.3, -0.25) is 0 Å². The molecule has 0 aromatic heterocycles. The summed E-state index contributed by atoms with van der Waals surface area (Å²) in [5, 5.41) is 10.6. The van der Waals surface area contributed by atoms with Crippen LogP contribution in [0.2, 0.25) is 10.0 Å². The Balaban J connectivity index is 2.82. The highest BCUT2D eigenvalue weighted by atomic mass is 35.5. The molecule has 0 amide bonds. The van der Waals surface area contributed by atoms with Crippen LogP contribution >= 0.6 is 23.2 Å². The third-order valence-corrected chi connectivity index (χ3v) is 4.83. The molecule has 0 radical (unpaired) electrons. The fourth-order valence-electron chi connectivity index (χ4n) is 1.93. The molecule has 1 rings (SSSR count). The molecule has 0 saturated carbocycles. The lowest BCUT2D eigenvalue weighted by molar-refractivity contribution is 0.0437. The molecule has 1 aromatic carbocycles. The highest BCUT2D eigenvalue weighted by molar-refractivity contribution is 7.89. The van der Waals surface area contributed by atoms with Crippen molar-refractivity contribution >= 4 is 33.2 Å². The molecule has 0 aliphatic heterocycles. The summed E-state index contributed by atoms with van der Waals surface area (Å²) in [6.45, 7) is 5.46. The second-order valence-electron chi connectivity index (χ2n) is 5.50. The highest BCUT2D eigenvalue weighted by Gasteiger charge is 2.25. The van der Waals surface area contributed by atoms with Crippen LogP contribution in [0.15, 0.2) is 23.1 Å². The van der Waals surface area contributed by atoms with Crippen molar-refractivity contribution in [3.8, 4) is 0 Å². The minimum absolute atomic E-state index is 0.0206. The molecule has 4 nitrogen and oxygen atoms in total. The predicted molar refractivity (Wildman–Crippen MR) is 81.7 cm³/mol. The van der Waals surface area contributed by atoms with E-state index in [0.717, 1.165) is 0 Å². The Bertz CT molecular complexity index is 571. The molecule has 0 bridgehead atoms. The van der Waals surface area contributed by atoms with Gasteiger partial charge in [0.05, 0.1) is 20.5 Å². The molecule has 2 N–H and O–H groups in total. The monoisotopic (exact) mass is 339 g/mol. The smallest absolute Gasteiger partial charge is 0.240 e. The molecule has 20 heavy (non-hydrogen) atoms. The minimum atomic E-state index is -3.72. The van der Waals surface area contributed by atoms with E-state index in [4.69, 9.17) is 23.2 Å². The van der Waals surface area contributed by atoms with Gasteiger partial charge in [-0.1, -0.05) is 37.0 Å². The molecule has 1 aromatic rings. The lowest BCUT2D eigenvalue weighted by atomic mass is 9.95. The summed E-state index contributed by atoms with van der Waals surface area (Å²) in [7, 11) is -3.72. The SMILES string of the molecule is CC(C)CC(C)(O)CNS(=O)(=O)c1ccc(Cl)c(Cl)c1. The van der Waals surface area contributed by atoms with E-state index in [1.165, 1.54) is 18.2 Å². The second-order valence-corrected chi connectivity index (χ2v) is 8.08. The van der Waals surface area contributed by atoms with Crippen LogP contribution in [0, 0.1) is 5.92 Å². The van der Waals surface area contributed by atoms with Gasteiger partial charge < -0.3 is 5.11 Å². The first-order valence-corrected chi connectivity index (χ1v) is 8.44. The van der Waals surface area contributed by atoms with Gasteiger partial charge in [0, 0.05) is 6.54 Å². The maximum Gasteiger partial charge on any atom is 0.240 e. The summed E-state index contributed by atoms with van der Waals surface area (Å²) >= 11 is 11.6. The van der Waals surface area contributed by atoms with Crippen LogP contribution in [0.4, 0.5) is 0 Å². The van der Waals surface area contributed by atoms with E-state index < -0.39 is 15.6 Å². The number of aliphatic hydroxyl groups is 1. The molecule has 0 spiro atoms. The quantitative estimate of drug-likeness (QED) is 0.836. The summed E-state index contributed by atoms with van der Waals surface area (Å²) < 4.78 is 26.6. The number of sulfonamides is 1. The van der Waals surface area contributed by atoms with Crippen molar-refractivity contribution < 1.29 is 13.5 Å². The zero-order valence-corrected chi connectivity index (χ0v) is 14.0. The molecule has 1 atom stereocenters. The van der Waals surface area contributed by atoms with Crippen LogP contribution in [0.1, 0.15) is 27.2 Å². The molecular weight excluding hydrogens is 321 g/mol. The Morgan fingerprint density at radius 2 is 1.90 bits per heavy atom. The fraction of sp³-hybridized carbons (Fsp3) is 0.538. The Hall–Kier alpha value is -0.330. The summed E-state index contributed by atoms with van der Waals surface area (Å²) in [5.41, 5.74) is -1.10. The fourth-order valence-corrected chi connectivity index (χ4v) is 3.48. The molecule has 0 heterocycles. The van der Waals surface area contributed by atoms with Gasteiger partial charge in [0.2, 0.25) is 10.0 Å². The van der Waals surface area contributed by atoms with Crippen LogP contribution in [0.5, 0.6) is 0 Å². The van der Waals surface area contributed by atoms with Gasteiger partial charge in [-0.05, 0) is 37.5 Å². The minimum Gasteiger partial charge on any atom is -0.389 e. The first-order chi connectivity index (χ1) is 9.03. The van der Waals surface area contributed by atoms with Crippen LogP contribution < -0.4 is 4.72 Å². The maximum absolute atomic E-state index is 12.1. The molecule has 0 aliphatic rings. The number of benzene rings is 1. The summed E-state index contributed by atoms with van der Waals surface area (Å²) in [5.74, 6) is 0.263. The zero-order valence-electron chi connectivity index (χ0n) is 11.7. The van der Waals surface area contributed by atoms with Crippen LogP contribution in [0.25, 0.3) is 0 Å². The van der Waals surface area contributed by atoms with Crippen molar-refractivity contribution in [1.29, 1.82) is 0 Å². The van der Waals surface area contributed by atoms with Crippen LogP contribution in [-0.4, -0.2) is 25.7 Å². The normalized spacial score (nSPS) is 15.3. The Labute approximate surface area is 130 Å². The van der Waals surface area contributed by atoms with Crippen LogP contribution in [-0.2, 0) is 10.0 Å². The van der Waals surface area contributed by atoms with E-state index >= 15 is 0 Å². The second kappa shape index (κ2) is 6.62. The van der Waals surface area contributed by atoms with E-state index in [1.807, 2.05) is 13.8 Å². The van der Waals surface area contributed by atoms with Gasteiger partial charge in [-0.25, -0.2) is 13.1 Å². The lowest BCUT2D eigenvalue weighted by Crippen LogP contribution is -2.41. The number of hydrogen-bond acceptors (Lipinski definition) is 3. The average Bonchev–Trinajstić information content (AvgIpc) is 2.29. The van der Waals surface area contributed by atoms with Gasteiger partial charge in [0.15, 0.2) is 0 Å². The highest BCUT2D eigenvalue weighted by Crippen LogP contribution is 2.25. The topological polar surface area (TPSA) is 66.4 Å². The number of rotatable bonds is 6. The van der Waals surface area contributed by atoms with Gasteiger partial charge in [-0.15, -0.1) is 0 Å². The standard InChI is InChI=1S/C13H19Cl2NO3S/c1-9(2)7-13(3,17)8-16-20(18,19)10-4-5-11(14)12(15)6-10/h4-6,9,16-17H,7-8H2,1-3H3. The Morgan fingerprint density at radius 3 is 2.40 bits per heavy atom. The van der Waals surface area contributed by atoms with E-state index in [0.29, 0.717) is 6.42 Å². The van der Waals surface area contributed by atoms with Crippen LogP contribution in [0.3, 0.4) is 0 Å². The van der Waals surface area contributed by atoms with Gasteiger partial charge in [-0.2, -0.15) is 0 Å². The van der Waals surface area contributed by atoms with E-state index in [-0.39, 0.29) is 27.4 Å². The van der Waals surface area contributed by atoms with Gasteiger partial charge in [0.1, 0.15) is 0 Å². The average molecular weight is 340 g/mol. The third kappa shape index (κ3) is 5.22. The van der Waals surface area contributed by atoms with E-state index in [9.17, 15) is 13.5 Å². The van der Waals surface area contributed by atoms with Gasteiger partial charge >= 0.3 is 0 Å². The Kier molecular flexibility index (Phi) is 5.87. The molecule has 114 valence electrons. The number of nitrogens with one attached hydrogen (secondary N) is 1. The van der Waals surface area contributed by atoms with Crippen molar-refractivity contribution in [2.24, 2.45) is 5.92 Å². The summed E-state index contributed by atoms with van der Waals surface area (Å²) in [6.07, 6.45) is 0.497. The molecule has 0 saturated heterocycles. The number of halogens is 2. The lowest BCUT2D eigenvalue weighted by Gasteiger charge is -2.25. The molecule has 7 heteroatoms. The molecule has 0 fully saturated rings. The van der Waals surface area contributed by atoms with Gasteiger partial charge in [0.25, 0.3) is 0 Å². The van der Waals surface area contributed by atoms with E-state index in [1.54, 1.807) is 6.92 Å². The first kappa shape index (κ1) is 17.7. The molecule has 0 aliphatic carbocycles. The summed E-state index contributed by atoms with van der Waals surface area (Å²) in [4.78, 5) is 0.0206. The predicted octanol–water partition coefficient (Wildman–Crippen LogP) is 3.07. The maximum atomic E-state index is 12.1.